The summed E-state index contributed by atoms with van der Waals surface area (Å²) in [5, 5.41) is 9.70. The van der Waals surface area contributed by atoms with Crippen LogP contribution in [0.4, 0.5) is 10.1 Å². The molecule has 0 fully saturated rings. The molecular formula is C11H14FNO4S. The van der Waals surface area contributed by atoms with Crippen LogP contribution in [-0.4, -0.2) is 37.0 Å². The first-order valence-corrected chi connectivity index (χ1v) is 6.97. The van der Waals surface area contributed by atoms with Crippen LogP contribution >= 0.6 is 0 Å². The van der Waals surface area contributed by atoms with Gasteiger partial charge in [0.05, 0.1) is 12.4 Å². The summed E-state index contributed by atoms with van der Waals surface area (Å²) in [5.41, 5.74) is 0.312. The molecule has 0 aliphatic heterocycles. The second kappa shape index (κ2) is 5.92. The first-order chi connectivity index (χ1) is 8.36. The fourth-order valence-electron chi connectivity index (χ4n) is 1.24. The number of sulfone groups is 1. The number of aliphatic hydroxyl groups is 1. The minimum Gasteiger partial charge on any atom is -0.395 e. The van der Waals surface area contributed by atoms with Crippen molar-refractivity contribution in [3.05, 3.63) is 30.1 Å². The van der Waals surface area contributed by atoms with Crippen LogP contribution in [0.1, 0.15) is 6.92 Å². The lowest BCUT2D eigenvalue weighted by atomic mass is 10.3. The van der Waals surface area contributed by atoms with Gasteiger partial charge < -0.3 is 10.4 Å². The highest BCUT2D eigenvalue weighted by molar-refractivity contribution is 7.92. The molecule has 1 atom stereocenters. The van der Waals surface area contributed by atoms with Gasteiger partial charge >= 0.3 is 0 Å². The zero-order valence-electron chi connectivity index (χ0n) is 9.76. The standard InChI is InChI=1S/C11H14FNO4S/c1-8(18(16,17)7-6-14)11(15)13-10-4-2-9(12)3-5-10/h2-5,8,14H,6-7H2,1H3,(H,13,15). The number of carbonyl (C=O) groups excluding carboxylic acids is 1. The Bertz CT molecular complexity index is 512. The molecule has 0 aliphatic carbocycles. The largest absolute Gasteiger partial charge is 0.395 e. The van der Waals surface area contributed by atoms with Crippen molar-refractivity contribution in [1.29, 1.82) is 0 Å². The van der Waals surface area contributed by atoms with E-state index in [9.17, 15) is 17.6 Å². The lowest BCUT2D eigenvalue weighted by molar-refractivity contribution is -0.115. The first kappa shape index (κ1) is 14.6. The third-order valence-electron chi connectivity index (χ3n) is 2.40. The van der Waals surface area contributed by atoms with Crippen LogP contribution in [-0.2, 0) is 14.6 Å². The Morgan fingerprint density at radius 1 is 1.39 bits per heavy atom. The molecule has 1 unspecified atom stereocenters. The van der Waals surface area contributed by atoms with Gasteiger partial charge in [-0.1, -0.05) is 0 Å². The van der Waals surface area contributed by atoms with Crippen molar-refractivity contribution in [1.82, 2.24) is 0 Å². The number of rotatable bonds is 5. The molecule has 7 heteroatoms. The van der Waals surface area contributed by atoms with Crippen LogP contribution in [0, 0.1) is 5.82 Å². The second-order valence-electron chi connectivity index (χ2n) is 3.73. The van der Waals surface area contributed by atoms with Crippen molar-refractivity contribution in [2.45, 2.75) is 12.2 Å². The minimum absolute atomic E-state index is 0.312. The number of carbonyl (C=O) groups is 1. The summed E-state index contributed by atoms with van der Waals surface area (Å²) in [6.07, 6.45) is 0. The molecule has 1 rings (SSSR count). The minimum atomic E-state index is -3.67. The maximum Gasteiger partial charge on any atom is 0.242 e. The zero-order chi connectivity index (χ0) is 13.8. The summed E-state index contributed by atoms with van der Waals surface area (Å²) in [4.78, 5) is 11.7. The molecule has 1 aromatic rings. The summed E-state index contributed by atoms with van der Waals surface area (Å²) in [7, 11) is -3.67. The van der Waals surface area contributed by atoms with Gasteiger partial charge in [-0.2, -0.15) is 0 Å². The molecule has 0 bridgehead atoms. The lowest BCUT2D eigenvalue weighted by Crippen LogP contribution is -2.34. The Morgan fingerprint density at radius 2 is 1.94 bits per heavy atom. The summed E-state index contributed by atoms with van der Waals surface area (Å²) in [6.45, 7) is 0.709. The van der Waals surface area contributed by atoms with Crippen molar-refractivity contribution in [2.24, 2.45) is 0 Å². The normalized spacial score (nSPS) is 13.1. The summed E-state index contributed by atoms with van der Waals surface area (Å²) in [5.74, 6) is -1.63. The van der Waals surface area contributed by atoms with Crippen LogP contribution in [0.3, 0.4) is 0 Å². The first-order valence-electron chi connectivity index (χ1n) is 5.25. The van der Waals surface area contributed by atoms with Gasteiger partial charge in [0, 0.05) is 5.69 Å². The monoisotopic (exact) mass is 275 g/mol. The van der Waals surface area contributed by atoms with E-state index in [0.29, 0.717) is 5.69 Å². The Hall–Kier alpha value is -1.47. The van der Waals surface area contributed by atoms with Gasteiger partial charge in [-0.15, -0.1) is 0 Å². The van der Waals surface area contributed by atoms with Crippen LogP contribution in [0.25, 0.3) is 0 Å². The number of anilines is 1. The molecule has 0 saturated carbocycles. The molecule has 5 nitrogen and oxygen atoms in total. The number of amides is 1. The van der Waals surface area contributed by atoms with Gasteiger partial charge in [0.15, 0.2) is 9.84 Å². The maximum atomic E-state index is 12.6. The van der Waals surface area contributed by atoms with Crippen LogP contribution in [0.15, 0.2) is 24.3 Å². The van der Waals surface area contributed by atoms with Gasteiger partial charge in [-0.05, 0) is 31.2 Å². The molecular weight excluding hydrogens is 261 g/mol. The Kier molecular flexibility index (Phi) is 4.80. The Balaban J connectivity index is 2.74. The Labute approximate surface area is 105 Å². The molecule has 0 radical (unpaired) electrons. The van der Waals surface area contributed by atoms with Gasteiger partial charge in [0.25, 0.3) is 0 Å². The van der Waals surface area contributed by atoms with Crippen molar-refractivity contribution < 1.29 is 22.7 Å². The van der Waals surface area contributed by atoms with E-state index >= 15 is 0 Å². The maximum absolute atomic E-state index is 12.6. The highest BCUT2D eigenvalue weighted by atomic mass is 32.2. The Morgan fingerprint density at radius 3 is 2.44 bits per heavy atom. The van der Waals surface area contributed by atoms with E-state index in [4.69, 9.17) is 5.11 Å². The predicted octanol–water partition coefficient (Wildman–Crippen LogP) is 0.560. The number of aliphatic hydroxyl groups excluding tert-OH is 1. The lowest BCUT2D eigenvalue weighted by Gasteiger charge is -2.12. The second-order valence-corrected chi connectivity index (χ2v) is 6.17. The van der Waals surface area contributed by atoms with E-state index in [1.165, 1.54) is 19.1 Å². The molecule has 0 spiro atoms. The van der Waals surface area contributed by atoms with E-state index in [1.807, 2.05) is 0 Å². The van der Waals surface area contributed by atoms with Gasteiger partial charge in [0.1, 0.15) is 11.1 Å². The third-order valence-corrected chi connectivity index (χ3v) is 4.44. The summed E-state index contributed by atoms with van der Waals surface area (Å²) < 4.78 is 35.7. The van der Waals surface area contributed by atoms with Crippen molar-refractivity contribution in [2.75, 3.05) is 17.7 Å². The van der Waals surface area contributed by atoms with Crippen LogP contribution in [0.5, 0.6) is 0 Å². The fraction of sp³-hybridized carbons (Fsp3) is 0.364. The molecule has 100 valence electrons. The summed E-state index contributed by atoms with van der Waals surface area (Å²) in [6, 6.07) is 4.97. The van der Waals surface area contributed by atoms with E-state index in [-0.39, 0.29) is 0 Å². The SMILES string of the molecule is CC(C(=O)Nc1ccc(F)cc1)S(=O)(=O)CCO. The van der Waals surface area contributed by atoms with Crippen molar-refractivity contribution >= 4 is 21.4 Å². The van der Waals surface area contributed by atoms with E-state index in [0.717, 1.165) is 12.1 Å². The quantitative estimate of drug-likeness (QED) is 0.822. The number of halogens is 1. The van der Waals surface area contributed by atoms with Gasteiger partial charge in [0.2, 0.25) is 5.91 Å². The van der Waals surface area contributed by atoms with E-state index in [2.05, 4.69) is 5.32 Å². The van der Waals surface area contributed by atoms with E-state index in [1.54, 1.807) is 0 Å². The number of hydrogen-bond acceptors (Lipinski definition) is 4. The summed E-state index contributed by atoms with van der Waals surface area (Å²) >= 11 is 0. The molecule has 2 N–H and O–H groups in total. The average molecular weight is 275 g/mol. The zero-order valence-corrected chi connectivity index (χ0v) is 10.6. The van der Waals surface area contributed by atoms with Gasteiger partial charge in [-0.25, -0.2) is 12.8 Å². The highest BCUT2D eigenvalue weighted by Crippen LogP contribution is 2.11. The van der Waals surface area contributed by atoms with Gasteiger partial charge in [-0.3, -0.25) is 4.79 Å². The molecule has 0 heterocycles. The van der Waals surface area contributed by atoms with Crippen molar-refractivity contribution in [3.63, 3.8) is 0 Å². The molecule has 0 saturated heterocycles. The smallest absolute Gasteiger partial charge is 0.242 e. The number of nitrogens with one attached hydrogen (secondary N) is 1. The van der Waals surface area contributed by atoms with E-state index < -0.39 is 39.2 Å². The number of hydrogen-bond donors (Lipinski definition) is 2. The molecule has 1 amide bonds. The highest BCUT2D eigenvalue weighted by Gasteiger charge is 2.27. The number of benzene rings is 1. The van der Waals surface area contributed by atoms with Crippen LogP contribution < -0.4 is 5.32 Å². The fourth-order valence-corrected chi connectivity index (χ4v) is 2.24. The predicted molar refractivity (Wildman–Crippen MR) is 65.4 cm³/mol. The third kappa shape index (κ3) is 3.78. The molecule has 18 heavy (non-hydrogen) atoms. The average Bonchev–Trinajstić information content (AvgIpc) is 2.31. The van der Waals surface area contributed by atoms with Crippen LogP contribution in [0.2, 0.25) is 0 Å². The molecule has 0 aliphatic rings. The topological polar surface area (TPSA) is 83.5 Å². The van der Waals surface area contributed by atoms with Crippen molar-refractivity contribution in [3.8, 4) is 0 Å². The molecule has 0 aromatic heterocycles. The molecule has 1 aromatic carbocycles.